The summed E-state index contributed by atoms with van der Waals surface area (Å²) in [5, 5.41) is 11.1. The van der Waals surface area contributed by atoms with Crippen molar-refractivity contribution in [1.29, 1.82) is 0 Å². The lowest BCUT2D eigenvalue weighted by Crippen LogP contribution is -2.25. The molecule has 0 rings (SSSR count). The Hall–Kier alpha value is -1.75. The molecule has 0 aromatic rings. The second kappa shape index (κ2) is 18.1. The average molecular weight is 436 g/mol. The number of esters is 1. The molecule has 1 amide bonds. The number of ether oxygens (including phenoxy) is 5. The number of carbonyl (C=O) groups is 3. The summed E-state index contributed by atoms with van der Waals surface area (Å²) >= 11 is 0. The van der Waals surface area contributed by atoms with E-state index in [2.05, 4.69) is 5.32 Å². The number of rotatable bonds is 19. The molecule has 2 N–H and O–H groups in total. The molecular weight excluding hydrogens is 398 g/mol. The van der Waals surface area contributed by atoms with Gasteiger partial charge in [0.05, 0.1) is 59.1 Å². The smallest absolute Gasteiger partial charge is 0.308 e. The topological polar surface area (TPSA) is 130 Å². The van der Waals surface area contributed by atoms with Crippen LogP contribution in [0.1, 0.15) is 46.5 Å². The van der Waals surface area contributed by atoms with Gasteiger partial charge in [-0.15, -0.1) is 0 Å². The maximum Gasteiger partial charge on any atom is 0.308 e. The number of nitrogens with one attached hydrogen (secondary N) is 1. The third-order valence-electron chi connectivity index (χ3n) is 3.34. The van der Waals surface area contributed by atoms with Gasteiger partial charge < -0.3 is 34.1 Å². The maximum absolute atomic E-state index is 11.5. The number of hydrogen-bond donors (Lipinski definition) is 2. The molecule has 0 aromatic heterocycles. The first kappa shape index (κ1) is 28.2. The molecule has 0 aliphatic carbocycles. The summed E-state index contributed by atoms with van der Waals surface area (Å²) in [7, 11) is 0. The van der Waals surface area contributed by atoms with E-state index in [0.29, 0.717) is 65.8 Å². The fraction of sp³-hybridized carbons (Fsp3) is 0.850. The van der Waals surface area contributed by atoms with E-state index in [1.165, 1.54) is 0 Å². The number of carboxylic acids is 1. The van der Waals surface area contributed by atoms with Crippen LogP contribution < -0.4 is 5.32 Å². The van der Waals surface area contributed by atoms with Crippen LogP contribution in [-0.2, 0) is 38.1 Å². The van der Waals surface area contributed by atoms with E-state index in [0.717, 1.165) is 0 Å². The van der Waals surface area contributed by atoms with Gasteiger partial charge in [0.25, 0.3) is 0 Å². The number of amides is 1. The maximum atomic E-state index is 11.5. The van der Waals surface area contributed by atoms with Crippen LogP contribution in [0.4, 0.5) is 0 Å². The molecule has 0 atom stereocenters. The zero-order valence-electron chi connectivity index (χ0n) is 18.4. The van der Waals surface area contributed by atoms with Gasteiger partial charge in [0.2, 0.25) is 5.91 Å². The molecule has 0 aliphatic rings. The van der Waals surface area contributed by atoms with E-state index in [-0.39, 0.29) is 31.1 Å². The zero-order chi connectivity index (χ0) is 22.7. The minimum absolute atomic E-state index is 0.00961. The minimum Gasteiger partial charge on any atom is -0.481 e. The molecule has 0 unspecified atom stereocenters. The van der Waals surface area contributed by atoms with Crippen molar-refractivity contribution in [1.82, 2.24) is 5.32 Å². The number of carboxylic acid groups (broad SMARTS) is 1. The van der Waals surface area contributed by atoms with Crippen LogP contribution in [0.5, 0.6) is 0 Å². The van der Waals surface area contributed by atoms with Crippen molar-refractivity contribution in [3.05, 3.63) is 0 Å². The van der Waals surface area contributed by atoms with Gasteiger partial charge in [-0.3, -0.25) is 14.4 Å². The predicted molar refractivity (Wildman–Crippen MR) is 108 cm³/mol. The predicted octanol–water partition coefficient (Wildman–Crippen LogP) is 1.16. The quantitative estimate of drug-likeness (QED) is 0.227. The van der Waals surface area contributed by atoms with E-state index in [9.17, 15) is 14.4 Å². The van der Waals surface area contributed by atoms with Crippen molar-refractivity contribution >= 4 is 17.8 Å². The number of carbonyl (C=O) groups excluding carboxylic acids is 2. The van der Waals surface area contributed by atoms with Crippen LogP contribution in [0.2, 0.25) is 0 Å². The number of aliphatic carboxylic acids is 1. The van der Waals surface area contributed by atoms with E-state index >= 15 is 0 Å². The Morgan fingerprint density at radius 3 is 1.73 bits per heavy atom. The first-order valence-electron chi connectivity index (χ1n) is 10.2. The lowest BCUT2D eigenvalue weighted by Gasteiger charge is -2.19. The van der Waals surface area contributed by atoms with E-state index < -0.39 is 11.6 Å². The van der Waals surface area contributed by atoms with Crippen LogP contribution in [0.25, 0.3) is 0 Å². The fourth-order valence-corrected chi connectivity index (χ4v) is 2.02. The highest BCUT2D eigenvalue weighted by Crippen LogP contribution is 2.07. The van der Waals surface area contributed by atoms with E-state index in [1.807, 2.05) is 20.8 Å². The van der Waals surface area contributed by atoms with Gasteiger partial charge in [-0.2, -0.15) is 0 Å². The van der Waals surface area contributed by atoms with Crippen molar-refractivity contribution in [3.8, 4) is 0 Å². The van der Waals surface area contributed by atoms with Crippen LogP contribution in [0.3, 0.4) is 0 Å². The fourth-order valence-electron chi connectivity index (χ4n) is 2.02. The molecule has 0 saturated carbocycles. The van der Waals surface area contributed by atoms with Gasteiger partial charge in [0.15, 0.2) is 0 Å². The average Bonchev–Trinajstić information content (AvgIpc) is 2.64. The molecule has 176 valence electrons. The van der Waals surface area contributed by atoms with Crippen molar-refractivity contribution in [2.24, 2.45) is 0 Å². The Labute approximate surface area is 178 Å². The molecule has 0 heterocycles. The summed E-state index contributed by atoms with van der Waals surface area (Å²) in [6.07, 6.45) is 0.697. The molecule has 0 radical (unpaired) electrons. The summed E-state index contributed by atoms with van der Waals surface area (Å²) in [5.74, 6) is -1.53. The van der Waals surface area contributed by atoms with Gasteiger partial charge in [0, 0.05) is 19.6 Å². The van der Waals surface area contributed by atoms with Crippen molar-refractivity contribution in [2.45, 2.75) is 52.1 Å². The lowest BCUT2D eigenvalue weighted by atomic mass is 10.2. The highest BCUT2D eigenvalue weighted by atomic mass is 16.6. The molecule has 0 aliphatic heterocycles. The number of hydrogen-bond acceptors (Lipinski definition) is 8. The minimum atomic E-state index is -0.984. The Kier molecular flexibility index (Phi) is 17.0. The second-order valence-corrected chi connectivity index (χ2v) is 7.38. The van der Waals surface area contributed by atoms with Crippen LogP contribution in [0, 0.1) is 0 Å². The molecular formula is C20H37NO9. The van der Waals surface area contributed by atoms with E-state index in [4.69, 9.17) is 28.8 Å². The summed E-state index contributed by atoms with van der Waals surface area (Å²) in [4.78, 5) is 33.1. The Balaban J connectivity index is 3.22. The molecule has 0 spiro atoms. The first-order chi connectivity index (χ1) is 14.2. The standard InChI is InChI=1S/C20H37NO9/c1-20(2,3)30-19(25)7-10-27-12-14-29-16-15-28-13-11-26-9-4-8-21-17(22)5-6-18(23)24/h4-16H2,1-3H3,(H,21,22)(H,23,24). The molecule has 0 aromatic carbocycles. The zero-order valence-corrected chi connectivity index (χ0v) is 18.4. The van der Waals surface area contributed by atoms with Crippen LogP contribution in [-0.4, -0.2) is 88.0 Å². The highest BCUT2D eigenvalue weighted by molar-refractivity contribution is 5.80. The van der Waals surface area contributed by atoms with Crippen LogP contribution >= 0.6 is 0 Å². The highest BCUT2D eigenvalue weighted by Gasteiger charge is 2.15. The molecule has 10 nitrogen and oxygen atoms in total. The van der Waals surface area contributed by atoms with Gasteiger partial charge >= 0.3 is 11.9 Å². The second-order valence-electron chi connectivity index (χ2n) is 7.38. The van der Waals surface area contributed by atoms with Gasteiger partial charge in [-0.25, -0.2) is 0 Å². The summed E-state index contributed by atoms with van der Waals surface area (Å²) in [6.45, 7) is 9.31. The largest absolute Gasteiger partial charge is 0.481 e. The molecule has 10 heteroatoms. The van der Waals surface area contributed by atoms with Crippen molar-refractivity contribution in [3.63, 3.8) is 0 Å². The lowest BCUT2D eigenvalue weighted by molar-refractivity contribution is -0.156. The first-order valence-corrected chi connectivity index (χ1v) is 10.2. The van der Waals surface area contributed by atoms with Gasteiger partial charge in [-0.05, 0) is 27.2 Å². The summed E-state index contributed by atoms with van der Waals surface area (Å²) < 4.78 is 26.6. The molecule has 0 saturated heterocycles. The third kappa shape index (κ3) is 22.5. The Morgan fingerprint density at radius 1 is 0.733 bits per heavy atom. The van der Waals surface area contributed by atoms with Crippen LogP contribution in [0.15, 0.2) is 0 Å². The normalized spacial score (nSPS) is 11.3. The molecule has 0 bridgehead atoms. The summed E-state index contributed by atoms with van der Waals surface area (Å²) in [6, 6.07) is 0. The SMILES string of the molecule is CC(C)(C)OC(=O)CCOCCOCCOCCOCCCNC(=O)CCC(=O)O. The Morgan fingerprint density at radius 2 is 1.23 bits per heavy atom. The van der Waals surface area contributed by atoms with Crippen molar-refractivity contribution < 1.29 is 43.2 Å². The third-order valence-corrected chi connectivity index (χ3v) is 3.34. The van der Waals surface area contributed by atoms with Crippen molar-refractivity contribution in [2.75, 3.05) is 59.4 Å². The summed E-state index contributed by atoms with van der Waals surface area (Å²) in [5.41, 5.74) is -0.479. The molecule has 0 fully saturated rings. The Bertz CT molecular complexity index is 477. The monoisotopic (exact) mass is 435 g/mol. The van der Waals surface area contributed by atoms with Gasteiger partial charge in [-0.1, -0.05) is 0 Å². The molecule has 30 heavy (non-hydrogen) atoms. The van der Waals surface area contributed by atoms with E-state index in [1.54, 1.807) is 0 Å². The van der Waals surface area contributed by atoms with Gasteiger partial charge in [0.1, 0.15) is 5.60 Å².